The Hall–Kier alpha value is -3.26. The molecule has 0 bridgehead atoms. The predicted molar refractivity (Wildman–Crippen MR) is 110 cm³/mol. The van der Waals surface area contributed by atoms with Gasteiger partial charge in [-0.2, -0.15) is 4.52 Å². The second kappa shape index (κ2) is 6.97. The Labute approximate surface area is 170 Å². The second-order valence-electron chi connectivity index (χ2n) is 6.82. The number of fused-ring (bicyclic) bond motifs is 4. The molecular weight excluding hydrogens is 386 g/mol. The summed E-state index contributed by atoms with van der Waals surface area (Å²) in [6, 6.07) is 14.8. The second-order valence-corrected chi connectivity index (χ2v) is 7.88. The van der Waals surface area contributed by atoms with Crippen LogP contribution < -0.4 is 0 Å². The number of rotatable bonds is 5. The third-order valence-corrected chi connectivity index (χ3v) is 5.91. The van der Waals surface area contributed by atoms with Crippen molar-refractivity contribution < 1.29 is 9.59 Å². The summed E-state index contributed by atoms with van der Waals surface area (Å²) in [5, 5.41) is 6.19. The number of aryl methyl sites for hydroxylation is 1. The Bertz CT molecular complexity index is 1250. The molecule has 8 heteroatoms. The van der Waals surface area contributed by atoms with E-state index in [1.165, 1.54) is 4.90 Å². The Morgan fingerprint density at radius 2 is 1.62 bits per heavy atom. The third-order valence-electron chi connectivity index (χ3n) is 4.89. The summed E-state index contributed by atoms with van der Waals surface area (Å²) >= 11 is 1.55. The minimum absolute atomic E-state index is 0.214. The highest BCUT2D eigenvalue weighted by molar-refractivity contribution is 7.99. The average molecular weight is 403 g/mol. The summed E-state index contributed by atoms with van der Waals surface area (Å²) in [5.74, 6) is 0.964. The molecule has 29 heavy (non-hydrogen) atoms. The lowest BCUT2D eigenvalue weighted by Gasteiger charge is -2.13. The number of imide groups is 1. The molecule has 1 aliphatic rings. The van der Waals surface area contributed by atoms with Gasteiger partial charge < -0.3 is 0 Å². The van der Waals surface area contributed by atoms with Crippen molar-refractivity contribution in [2.24, 2.45) is 0 Å². The van der Waals surface area contributed by atoms with Gasteiger partial charge in [-0.3, -0.25) is 14.5 Å². The molecule has 5 rings (SSSR count). The fourth-order valence-electron chi connectivity index (χ4n) is 3.56. The largest absolute Gasteiger partial charge is 0.274 e. The quantitative estimate of drug-likeness (QED) is 0.220. The van der Waals surface area contributed by atoms with Gasteiger partial charge in [0, 0.05) is 17.7 Å². The standard InChI is InChI=1S/C21H17N5O2S/c1-13-22-18-16-9-4-5-10-17(16)23-21(26(18)24-13)29-12-6-11-25-19(27)14-7-2-3-8-15(14)20(25)28/h2-5,7-10H,6,11-12H2,1H3. The molecule has 2 aromatic heterocycles. The van der Waals surface area contributed by atoms with Crippen LogP contribution in [0.5, 0.6) is 0 Å². The van der Waals surface area contributed by atoms with Crippen LogP contribution in [-0.4, -0.2) is 48.6 Å². The number of para-hydroxylation sites is 1. The maximum atomic E-state index is 12.5. The monoisotopic (exact) mass is 403 g/mol. The molecule has 0 spiro atoms. The van der Waals surface area contributed by atoms with Crippen LogP contribution in [0.1, 0.15) is 33.0 Å². The van der Waals surface area contributed by atoms with Gasteiger partial charge in [0.1, 0.15) is 5.82 Å². The SMILES string of the molecule is Cc1nc2c3ccccc3nc(SCCCN3C(=O)c4ccccc4C3=O)n2n1. The molecule has 0 unspecified atom stereocenters. The lowest BCUT2D eigenvalue weighted by Crippen LogP contribution is -2.31. The van der Waals surface area contributed by atoms with E-state index in [2.05, 4.69) is 10.1 Å². The number of benzene rings is 2. The van der Waals surface area contributed by atoms with Crippen LogP contribution in [0, 0.1) is 6.92 Å². The van der Waals surface area contributed by atoms with Crippen LogP contribution in [0.2, 0.25) is 0 Å². The van der Waals surface area contributed by atoms with E-state index >= 15 is 0 Å². The van der Waals surface area contributed by atoms with E-state index in [9.17, 15) is 9.59 Å². The van der Waals surface area contributed by atoms with E-state index in [4.69, 9.17) is 4.98 Å². The van der Waals surface area contributed by atoms with Crippen LogP contribution in [0.25, 0.3) is 16.6 Å². The molecule has 0 aliphatic carbocycles. The van der Waals surface area contributed by atoms with Crippen molar-refractivity contribution in [3.63, 3.8) is 0 Å². The van der Waals surface area contributed by atoms with Crippen LogP contribution in [0.15, 0.2) is 53.7 Å². The molecule has 0 saturated heterocycles. The number of hydrogen-bond donors (Lipinski definition) is 0. The van der Waals surface area contributed by atoms with E-state index in [0.29, 0.717) is 35.7 Å². The number of carbonyl (C=O) groups excluding carboxylic acids is 2. The lowest BCUT2D eigenvalue weighted by molar-refractivity contribution is 0.0655. The zero-order valence-corrected chi connectivity index (χ0v) is 16.5. The topological polar surface area (TPSA) is 80.5 Å². The molecule has 4 aromatic rings. The molecule has 7 nitrogen and oxygen atoms in total. The highest BCUT2D eigenvalue weighted by Gasteiger charge is 2.34. The first-order valence-electron chi connectivity index (χ1n) is 9.33. The van der Waals surface area contributed by atoms with Crippen molar-refractivity contribution in [3.8, 4) is 0 Å². The molecule has 0 radical (unpaired) electrons. The van der Waals surface area contributed by atoms with Gasteiger partial charge in [-0.15, -0.1) is 5.10 Å². The Kier molecular flexibility index (Phi) is 4.28. The number of carbonyl (C=O) groups is 2. The highest BCUT2D eigenvalue weighted by atomic mass is 32.2. The minimum atomic E-state index is -0.214. The molecule has 3 heterocycles. The summed E-state index contributed by atoms with van der Waals surface area (Å²) in [6.07, 6.45) is 0.666. The number of nitrogens with zero attached hydrogens (tertiary/aromatic N) is 5. The first-order valence-corrected chi connectivity index (χ1v) is 10.3. The average Bonchev–Trinajstić information content (AvgIpc) is 3.24. The van der Waals surface area contributed by atoms with Gasteiger partial charge in [0.15, 0.2) is 10.8 Å². The van der Waals surface area contributed by atoms with Gasteiger partial charge >= 0.3 is 0 Å². The molecular formula is C21H17N5O2S. The van der Waals surface area contributed by atoms with E-state index in [1.54, 1.807) is 40.5 Å². The first-order chi connectivity index (χ1) is 14.1. The number of thioether (sulfide) groups is 1. The molecule has 2 aromatic carbocycles. The Morgan fingerprint density at radius 3 is 2.38 bits per heavy atom. The molecule has 0 N–H and O–H groups in total. The van der Waals surface area contributed by atoms with Crippen LogP contribution in [0.3, 0.4) is 0 Å². The van der Waals surface area contributed by atoms with Gasteiger partial charge in [-0.1, -0.05) is 36.0 Å². The number of aromatic nitrogens is 4. The smallest absolute Gasteiger partial charge is 0.261 e. The summed E-state index contributed by atoms with van der Waals surface area (Å²) in [7, 11) is 0. The first kappa shape index (κ1) is 17.8. The highest BCUT2D eigenvalue weighted by Crippen LogP contribution is 2.26. The van der Waals surface area contributed by atoms with E-state index in [-0.39, 0.29) is 11.8 Å². The van der Waals surface area contributed by atoms with Crippen molar-refractivity contribution in [3.05, 3.63) is 65.5 Å². The van der Waals surface area contributed by atoms with Crippen molar-refractivity contribution in [2.75, 3.05) is 12.3 Å². The van der Waals surface area contributed by atoms with Crippen molar-refractivity contribution in [1.29, 1.82) is 0 Å². The summed E-state index contributed by atoms with van der Waals surface area (Å²) < 4.78 is 1.77. The fraction of sp³-hybridized carbons (Fsp3) is 0.190. The zero-order chi connectivity index (χ0) is 20.0. The van der Waals surface area contributed by atoms with E-state index in [0.717, 1.165) is 21.7 Å². The normalized spacial score (nSPS) is 13.6. The van der Waals surface area contributed by atoms with Gasteiger partial charge in [0.25, 0.3) is 11.8 Å². The number of hydrogen-bond acceptors (Lipinski definition) is 6. The van der Waals surface area contributed by atoms with Crippen molar-refractivity contribution >= 4 is 40.1 Å². The lowest BCUT2D eigenvalue weighted by atomic mass is 10.1. The van der Waals surface area contributed by atoms with E-state index in [1.807, 2.05) is 31.2 Å². The summed E-state index contributed by atoms with van der Waals surface area (Å²) in [6.45, 7) is 2.24. The van der Waals surface area contributed by atoms with Crippen molar-refractivity contribution in [1.82, 2.24) is 24.5 Å². The van der Waals surface area contributed by atoms with Gasteiger partial charge in [0.2, 0.25) is 0 Å². The summed E-state index contributed by atoms with van der Waals surface area (Å²) in [5.41, 5.74) is 2.63. The van der Waals surface area contributed by atoms with E-state index < -0.39 is 0 Å². The third kappa shape index (κ3) is 2.96. The molecule has 144 valence electrons. The van der Waals surface area contributed by atoms with Crippen LogP contribution in [0.4, 0.5) is 0 Å². The molecule has 2 amide bonds. The molecule has 1 aliphatic heterocycles. The van der Waals surface area contributed by atoms with Gasteiger partial charge in [0.05, 0.1) is 16.6 Å². The van der Waals surface area contributed by atoms with Gasteiger partial charge in [-0.25, -0.2) is 9.97 Å². The maximum absolute atomic E-state index is 12.5. The van der Waals surface area contributed by atoms with Gasteiger partial charge in [-0.05, 0) is 37.6 Å². The fourth-order valence-corrected chi connectivity index (χ4v) is 4.42. The Morgan fingerprint density at radius 1 is 0.931 bits per heavy atom. The van der Waals surface area contributed by atoms with Crippen LogP contribution in [-0.2, 0) is 0 Å². The molecule has 0 fully saturated rings. The Balaban J connectivity index is 1.32. The minimum Gasteiger partial charge on any atom is -0.274 e. The number of amides is 2. The van der Waals surface area contributed by atoms with Crippen molar-refractivity contribution in [2.45, 2.75) is 18.5 Å². The predicted octanol–water partition coefficient (Wildman–Crippen LogP) is 3.36. The zero-order valence-electron chi connectivity index (χ0n) is 15.7. The maximum Gasteiger partial charge on any atom is 0.261 e. The molecule has 0 atom stereocenters. The van der Waals surface area contributed by atoms with Crippen LogP contribution >= 0.6 is 11.8 Å². The molecule has 0 saturated carbocycles. The summed E-state index contributed by atoms with van der Waals surface area (Å²) in [4.78, 5) is 35.5.